The molecule has 0 aliphatic rings. The smallest absolute Gasteiger partial charge is 0.354 e. The summed E-state index contributed by atoms with van der Waals surface area (Å²) in [5.41, 5.74) is 29.4. The maximum Gasteiger partial charge on any atom is 0.354 e. The average Bonchev–Trinajstić information content (AvgIpc) is 3.42. The summed E-state index contributed by atoms with van der Waals surface area (Å²) in [6, 6.07) is 16.7. The van der Waals surface area contributed by atoms with E-state index in [1.54, 1.807) is 4.57 Å². The second-order valence-electron chi connectivity index (χ2n) is 13.9. The highest BCUT2D eigenvalue weighted by atomic mass is 16.1. The number of aryl methyl sites for hydroxylation is 1. The Labute approximate surface area is 274 Å². The Morgan fingerprint density at radius 3 is 2.20 bits per heavy atom. The molecule has 4 aromatic rings. The number of benzene rings is 2. The lowest BCUT2D eigenvalue weighted by Gasteiger charge is -2.21. The van der Waals surface area contributed by atoms with Gasteiger partial charge in [0.25, 0.3) is 0 Å². The summed E-state index contributed by atoms with van der Waals surface area (Å²) >= 11 is 0. The van der Waals surface area contributed by atoms with Gasteiger partial charge in [-0.3, -0.25) is 9.56 Å². The lowest BCUT2D eigenvalue weighted by atomic mass is 9.84. The molecule has 10 heteroatoms. The maximum absolute atomic E-state index is 12.5. The predicted octanol–water partition coefficient (Wildman–Crippen LogP) is 4.49. The third-order valence-electron chi connectivity index (χ3n) is 7.74. The molecule has 2 aromatic carbocycles. The molecular weight excluding hydrogens is 574 g/mol. The average molecular weight is 630 g/mol. The number of nitrogens with one attached hydrogen (secondary N) is 2. The maximum atomic E-state index is 12.5. The molecule has 0 amide bonds. The van der Waals surface area contributed by atoms with Crippen molar-refractivity contribution in [1.29, 1.82) is 0 Å². The van der Waals surface area contributed by atoms with Crippen LogP contribution >= 0.6 is 0 Å². The highest BCUT2D eigenvalue weighted by molar-refractivity contribution is 5.76. The van der Waals surface area contributed by atoms with E-state index in [9.17, 15) is 4.79 Å². The van der Waals surface area contributed by atoms with Crippen LogP contribution in [0.4, 0.5) is 0 Å². The van der Waals surface area contributed by atoms with Crippen molar-refractivity contribution in [2.75, 3.05) is 19.6 Å². The standard InChI is InChI=1S/C21H29N7O.C15H26N2/c1-21(2,3)17-11-15-13-28(20(29)27-18(15)26-17)16-7-5-14(6-8-16)12-24-9-4-10-25-19(22)23;1-15(2,3)14-9-12(6-4-5-7-16)8-13(10-14)11-17/h5-8,11,13,24H,4,9-10,12H2,1-3H3,(H4,22,23,25)(H,26,27,29);8-10H,4-7,11,16-17H2,1-3H3. The highest BCUT2D eigenvalue weighted by Crippen LogP contribution is 2.26. The van der Waals surface area contributed by atoms with Crippen molar-refractivity contribution in [2.45, 2.75) is 91.1 Å². The van der Waals surface area contributed by atoms with Gasteiger partial charge < -0.3 is 33.2 Å². The molecule has 250 valence electrons. The van der Waals surface area contributed by atoms with Crippen LogP contribution in [0.1, 0.15) is 88.8 Å². The molecule has 10 N–H and O–H groups in total. The molecule has 0 unspecified atom stereocenters. The van der Waals surface area contributed by atoms with E-state index in [2.05, 4.69) is 86.1 Å². The second-order valence-corrected chi connectivity index (χ2v) is 13.9. The van der Waals surface area contributed by atoms with Crippen LogP contribution in [0.15, 0.2) is 64.5 Å². The van der Waals surface area contributed by atoms with Gasteiger partial charge in [-0.15, -0.1) is 0 Å². The van der Waals surface area contributed by atoms with Crippen LogP contribution in [0.2, 0.25) is 0 Å². The van der Waals surface area contributed by atoms with E-state index in [1.165, 1.54) is 16.7 Å². The van der Waals surface area contributed by atoms with Crippen LogP contribution in [0.3, 0.4) is 0 Å². The summed E-state index contributed by atoms with van der Waals surface area (Å²) in [5.74, 6) is 0.123. The Bertz CT molecular complexity index is 1620. The molecule has 46 heavy (non-hydrogen) atoms. The first-order chi connectivity index (χ1) is 21.7. The van der Waals surface area contributed by atoms with Gasteiger partial charge >= 0.3 is 5.69 Å². The number of nitrogens with two attached hydrogens (primary N) is 4. The van der Waals surface area contributed by atoms with Gasteiger partial charge in [0.05, 0.1) is 5.69 Å². The molecule has 10 nitrogen and oxygen atoms in total. The number of aromatic nitrogens is 3. The van der Waals surface area contributed by atoms with Gasteiger partial charge in [-0.1, -0.05) is 71.9 Å². The summed E-state index contributed by atoms with van der Waals surface area (Å²) in [5, 5.41) is 4.27. The number of hydrogen-bond donors (Lipinski definition) is 6. The minimum atomic E-state index is -0.301. The first-order valence-electron chi connectivity index (χ1n) is 16.2. The largest absolute Gasteiger partial charge is 0.370 e. The summed E-state index contributed by atoms with van der Waals surface area (Å²) < 4.78 is 1.58. The zero-order valence-corrected chi connectivity index (χ0v) is 28.6. The molecule has 0 spiro atoms. The van der Waals surface area contributed by atoms with E-state index in [0.717, 1.165) is 67.6 Å². The van der Waals surface area contributed by atoms with Crippen molar-refractivity contribution in [1.82, 2.24) is 19.9 Å². The lowest BCUT2D eigenvalue weighted by molar-refractivity contribution is 0.574. The van der Waals surface area contributed by atoms with E-state index < -0.39 is 0 Å². The number of rotatable bonds is 12. The predicted molar refractivity (Wildman–Crippen MR) is 192 cm³/mol. The number of nitrogens with zero attached hydrogens (tertiary/aromatic N) is 3. The Kier molecular flexibility index (Phi) is 13.1. The van der Waals surface area contributed by atoms with E-state index >= 15 is 0 Å². The van der Waals surface area contributed by atoms with E-state index in [-0.39, 0.29) is 22.5 Å². The molecule has 2 aromatic heterocycles. The summed E-state index contributed by atoms with van der Waals surface area (Å²) in [6.07, 6.45) is 6.07. The van der Waals surface area contributed by atoms with Crippen LogP contribution in [0, 0.1) is 0 Å². The fraction of sp³-hybridized carbons (Fsp3) is 0.472. The number of aromatic amines is 1. The van der Waals surface area contributed by atoms with Crippen molar-refractivity contribution in [3.05, 3.63) is 93.2 Å². The molecule has 0 radical (unpaired) electrons. The monoisotopic (exact) mass is 629 g/mol. The number of guanidine groups is 1. The Morgan fingerprint density at radius 1 is 0.891 bits per heavy atom. The molecule has 4 rings (SSSR count). The van der Waals surface area contributed by atoms with Crippen molar-refractivity contribution in [2.24, 2.45) is 27.9 Å². The normalized spacial score (nSPS) is 11.7. The summed E-state index contributed by atoms with van der Waals surface area (Å²) in [4.78, 5) is 23.9. The fourth-order valence-electron chi connectivity index (χ4n) is 4.93. The number of unbranched alkanes of at least 4 members (excludes halogenated alkanes) is 1. The van der Waals surface area contributed by atoms with Gasteiger partial charge in [-0.25, -0.2) is 4.79 Å². The van der Waals surface area contributed by atoms with Crippen LogP contribution in [-0.4, -0.2) is 40.1 Å². The Balaban J connectivity index is 0.000000289. The fourth-order valence-corrected chi connectivity index (χ4v) is 4.93. The molecule has 0 atom stereocenters. The topological polar surface area (TPSA) is 179 Å². The molecule has 0 saturated heterocycles. The Morgan fingerprint density at radius 2 is 1.59 bits per heavy atom. The molecule has 0 bridgehead atoms. The van der Waals surface area contributed by atoms with Gasteiger partial charge in [-0.2, -0.15) is 4.98 Å². The zero-order chi connectivity index (χ0) is 33.9. The van der Waals surface area contributed by atoms with E-state index in [1.807, 2.05) is 30.5 Å². The van der Waals surface area contributed by atoms with E-state index in [0.29, 0.717) is 18.7 Å². The number of H-pyrrole nitrogens is 1. The van der Waals surface area contributed by atoms with Crippen molar-refractivity contribution in [3.63, 3.8) is 0 Å². The van der Waals surface area contributed by atoms with Gasteiger partial charge in [0.15, 0.2) is 5.96 Å². The molecular formula is C36H55N9O. The van der Waals surface area contributed by atoms with Crippen molar-refractivity contribution >= 4 is 17.0 Å². The SMILES string of the molecule is CC(C)(C)c1cc(CN)cc(CCCCN)c1.CC(C)(C)c1cc2cn(-c3ccc(CNCCCN=C(N)N)cc3)c(=O)nc2[nH]1. The van der Waals surface area contributed by atoms with Gasteiger partial charge in [-0.05, 0) is 84.6 Å². The highest BCUT2D eigenvalue weighted by Gasteiger charge is 2.18. The first kappa shape index (κ1) is 36.5. The van der Waals surface area contributed by atoms with Gasteiger partial charge in [0, 0.05) is 42.3 Å². The Hall–Kier alpha value is -3.99. The van der Waals surface area contributed by atoms with Crippen LogP contribution in [0.5, 0.6) is 0 Å². The number of fused-ring (bicyclic) bond motifs is 1. The first-order valence-corrected chi connectivity index (χ1v) is 16.2. The number of aliphatic imine (C=N–C) groups is 1. The minimum Gasteiger partial charge on any atom is -0.370 e. The summed E-state index contributed by atoms with van der Waals surface area (Å²) in [7, 11) is 0. The van der Waals surface area contributed by atoms with Crippen LogP contribution < -0.4 is 33.9 Å². The van der Waals surface area contributed by atoms with Crippen LogP contribution in [-0.2, 0) is 30.3 Å². The van der Waals surface area contributed by atoms with Crippen molar-refractivity contribution in [3.8, 4) is 5.69 Å². The molecule has 0 aliphatic carbocycles. The molecule has 0 aliphatic heterocycles. The van der Waals surface area contributed by atoms with Crippen LogP contribution in [0.25, 0.3) is 16.7 Å². The molecule has 0 saturated carbocycles. The minimum absolute atomic E-state index is 0.0352. The lowest BCUT2D eigenvalue weighted by Crippen LogP contribution is -2.23. The molecule has 2 heterocycles. The number of hydrogen-bond acceptors (Lipinski definition) is 6. The third kappa shape index (κ3) is 11.1. The van der Waals surface area contributed by atoms with Crippen molar-refractivity contribution < 1.29 is 0 Å². The van der Waals surface area contributed by atoms with Gasteiger partial charge in [0.1, 0.15) is 5.65 Å². The third-order valence-corrected chi connectivity index (χ3v) is 7.74. The van der Waals surface area contributed by atoms with Gasteiger partial charge in [0.2, 0.25) is 0 Å². The van der Waals surface area contributed by atoms with E-state index in [4.69, 9.17) is 22.9 Å². The molecule has 0 fully saturated rings. The zero-order valence-electron chi connectivity index (χ0n) is 28.6. The summed E-state index contributed by atoms with van der Waals surface area (Å²) in [6.45, 7) is 16.7. The quantitative estimate of drug-likeness (QED) is 0.0759. The second kappa shape index (κ2) is 16.5.